The average molecular weight is 460 g/mol. The predicted octanol–water partition coefficient (Wildman–Crippen LogP) is 2.98. The number of aliphatic hydroxyl groups is 1. The van der Waals surface area contributed by atoms with Crippen LogP contribution in [0.1, 0.15) is 18.1 Å². The molecule has 0 fully saturated rings. The summed E-state index contributed by atoms with van der Waals surface area (Å²) in [5, 5.41) is 22.3. The van der Waals surface area contributed by atoms with Crippen molar-refractivity contribution in [1.29, 1.82) is 0 Å². The number of esters is 2. The van der Waals surface area contributed by atoms with E-state index in [0.29, 0.717) is 16.9 Å². The zero-order chi connectivity index (χ0) is 23.5. The number of aryl methyl sites for hydroxylation is 1. The zero-order valence-corrected chi connectivity index (χ0v) is 18.4. The normalized spacial score (nSPS) is 13.0. The van der Waals surface area contributed by atoms with Gasteiger partial charge in [0.2, 0.25) is 0 Å². The van der Waals surface area contributed by atoms with Crippen LogP contribution in [0.4, 0.5) is 5.82 Å². The molecule has 0 amide bonds. The van der Waals surface area contributed by atoms with E-state index in [0.717, 1.165) is 12.4 Å². The molecule has 10 nitrogen and oxygen atoms in total. The van der Waals surface area contributed by atoms with Gasteiger partial charge in [-0.05, 0) is 25.5 Å². The largest absolute Gasteiger partial charge is 0.506 e. The second-order valence-electron chi connectivity index (χ2n) is 6.18. The first-order valence-corrected chi connectivity index (χ1v) is 9.81. The Labute approximate surface area is 189 Å². The minimum absolute atomic E-state index is 0.0888. The van der Waals surface area contributed by atoms with E-state index >= 15 is 0 Å². The van der Waals surface area contributed by atoms with Gasteiger partial charge in [-0.2, -0.15) is 5.10 Å². The van der Waals surface area contributed by atoms with E-state index in [1.807, 2.05) is 0 Å². The first-order chi connectivity index (χ1) is 15.4. The number of methoxy groups -OCH3 is 1. The summed E-state index contributed by atoms with van der Waals surface area (Å²) in [6.07, 6.45) is 2.20. The average Bonchev–Trinajstić information content (AvgIpc) is 2.79. The van der Waals surface area contributed by atoms with Crippen molar-refractivity contribution in [2.75, 3.05) is 19.1 Å². The third-order valence-electron chi connectivity index (χ3n) is 3.95. The summed E-state index contributed by atoms with van der Waals surface area (Å²) in [6.45, 7) is 3.46. The number of carbonyl (C=O) groups is 2. The van der Waals surface area contributed by atoms with Crippen LogP contribution in [0.2, 0.25) is 5.15 Å². The number of nitrogens with zero attached hydrogens (tertiary/aromatic N) is 4. The van der Waals surface area contributed by atoms with Crippen LogP contribution in [0.5, 0.6) is 0 Å². The predicted molar refractivity (Wildman–Crippen MR) is 121 cm³/mol. The van der Waals surface area contributed by atoms with Gasteiger partial charge in [0.15, 0.2) is 17.0 Å². The molecule has 1 atom stereocenters. The Bertz CT molecular complexity index is 1040. The molecule has 2 aromatic rings. The van der Waals surface area contributed by atoms with Crippen LogP contribution in [0, 0.1) is 6.92 Å². The van der Waals surface area contributed by atoms with Gasteiger partial charge in [-0.1, -0.05) is 41.9 Å². The van der Waals surface area contributed by atoms with Gasteiger partial charge in [-0.3, -0.25) is 10.4 Å². The van der Waals surface area contributed by atoms with E-state index < -0.39 is 18.0 Å². The number of aliphatic imine (C=N–C) groups is 1. The summed E-state index contributed by atoms with van der Waals surface area (Å²) in [4.78, 5) is 28.5. The van der Waals surface area contributed by atoms with E-state index in [9.17, 15) is 14.7 Å². The van der Waals surface area contributed by atoms with Gasteiger partial charge in [0.1, 0.15) is 11.3 Å². The molecule has 2 N–H and O–H groups in total. The number of aliphatic hydroxyl groups excluding tert-OH is 1. The van der Waals surface area contributed by atoms with Gasteiger partial charge in [-0.15, -0.1) is 10.2 Å². The maximum atomic E-state index is 12.4. The lowest BCUT2D eigenvalue weighted by Gasteiger charge is -2.09. The van der Waals surface area contributed by atoms with Gasteiger partial charge in [0.25, 0.3) is 0 Å². The Morgan fingerprint density at radius 2 is 2.00 bits per heavy atom. The van der Waals surface area contributed by atoms with E-state index in [2.05, 4.69) is 25.7 Å². The summed E-state index contributed by atoms with van der Waals surface area (Å²) in [6, 6.07) is 8.75. The zero-order valence-electron chi connectivity index (χ0n) is 17.7. The van der Waals surface area contributed by atoms with E-state index in [1.54, 1.807) is 50.2 Å². The highest BCUT2D eigenvalue weighted by molar-refractivity contribution is 6.29. The Morgan fingerprint density at radius 3 is 2.62 bits per heavy atom. The van der Waals surface area contributed by atoms with Gasteiger partial charge in [-0.25, -0.2) is 9.59 Å². The standard InChI is InChI=1S/C21H22ClN5O5/c1-4-32-20(29)15(18(28)14-8-6-5-7-9-14)11-23-16(21(30)31-3)12-24-26-19-13(2)10-17(22)25-27-19/h5-12,16,28H,4H2,1-3H3,(H,26,27)/b18-15+,23-11?,24-12+. The van der Waals surface area contributed by atoms with Crippen LogP contribution in [-0.4, -0.2) is 59.4 Å². The number of anilines is 1. The van der Waals surface area contributed by atoms with Crippen molar-refractivity contribution >= 4 is 47.5 Å². The lowest BCUT2D eigenvalue weighted by molar-refractivity contribution is -0.140. The molecule has 0 spiro atoms. The highest BCUT2D eigenvalue weighted by Gasteiger charge is 2.19. The van der Waals surface area contributed by atoms with Crippen LogP contribution in [0.25, 0.3) is 5.76 Å². The maximum Gasteiger partial charge on any atom is 0.343 e. The fourth-order valence-corrected chi connectivity index (χ4v) is 2.54. The second-order valence-corrected chi connectivity index (χ2v) is 6.57. The first kappa shape index (κ1) is 24.5. The Morgan fingerprint density at radius 1 is 1.28 bits per heavy atom. The molecule has 2 rings (SSSR count). The number of rotatable bonds is 9. The molecule has 0 bridgehead atoms. The SMILES string of the molecule is CCOC(=O)/C(C=NC(/C=N/Nc1nnc(Cl)cc1C)C(=O)OC)=C(/O)c1ccccc1. The number of benzene rings is 1. The summed E-state index contributed by atoms with van der Waals surface area (Å²) >= 11 is 5.77. The first-order valence-electron chi connectivity index (χ1n) is 9.43. The number of ether oxygens (including phenoxy) is 2. The van der Waals surface area contributed by atoms with Gasteiger partial charge in [0, 0.05) is 11.8 Å². The number of aromatic nitrogens is 2. The number of hydrazone groups is 1. The molecule has 1 heterocycles. The Kier molecular flexibility index (Phi) is 9.30. The molecular formula is C21H22ClN5O5. The third kappa shape index (κ3) is 6.88. The molecule has 32 heavy (non-hydrogen) atoms. The topological polar surface area (TPSA) is 135 Å². The fraction of sp³-hybridized carbons (Fsp3) is 0.238. The number of halogens is 1. The van der Waals surface area contributed by atoms with Crippen LogP contribution < -0.4 is 5.43 Å². The van der Waals surface area contributed by atoms with E-state index in [-0.39, 0.29) is 23.1 Å². The van der Waals surface area contributed by atoms with E-state index in [1.165, 1.54) is 7.11 Å². The van der Waals surface area contributed by atoms with Crippen molar-refractivity contribution in [3.63, 3.8) is 0 Å². The highest BCUT2D eigenvalue weighted by atomic mass is 35.5. The molecule has 0 saturated heterocycles. The van der Waals surface area contributed by atoms with Gasteiger partial charge >= 0.3 is 11.9 Å². The smallest absolute Gasteiger partial charge is 0.343 e. The van der Waals surface area contributed by atoms with Crippen molar-refractivity contribution in [1.82, 2.24) is 10.2 Å². The third-order valence-corrected chi connectivity index (χ3v) is 4.13. The molecule has 11 heteroatoms. The Balaban J connectivity index is 2.31. The lowest BCUT2D eigenvalue weighted by Crippen LogP contribution is -2.23. The minimum Gasteiger partial charge on any atom is -0.506 e. The highest BCUT2D eigenvalue weighted by Crippen LogP contribution is 2.16. The monoisotopic (exact) mass is 459 g/mol. The quantitative estimate of drug-likeness (QED) is 0.192. The molecule has 1 aromatic carbocycles. The molecule has 0 aliphatic carbocycles. The summed E-state index contributed by atoms with van der Waals surface area (Å²) in [5.41, 5.74) is 3.46. The number of hydrogen-bond donors (Lipinski definition) is 2. The molecular weight excluding hydrogens is 438 g/mol. The van der Waals surface area contributed by atoms with Crippen molar-refractivity contribution in [2.24, 2.45) is 10.1 Å². The molecule has 0 aliphatic rings. The molecule has 1 unspecified atom stereocenters. The lowest BCUT2D eigenvalue weighted by atomic mass is 10.1. The van der Waals surface area contributed by atoms with Gasteiger partial charge < -0.3 is 14.6 Å². The molecule has 0 saturated carbocycles. The Hall–Kier alpha value is -3.79. The van der Waals surface area contributed by atoms with E-state index in [4.69, 9.17) is 21.1 Å². The van der Waals surface area contributed by atoms with Crippen LogP contribution >= 0.6 is 11.6 Å². The fourth-order valence-electron chi connectivity index (χ4n) is 2.34. The molecule has 0 aliphatic heterocycles. The second kappa shape index (κ2) is 12.2. The number of hydrogen-bond acceptors (Lipinski definition) is 10. The summed E-state index contributed by atoms with van der Waals surface area (Å²) in [5.74, 6) is -1.57. The molecule has 0 radical (unpaired) electrons. The maximum absolute atomic E-state index is 12.4. The van der Waals surface area contributed by atoms with Crippen molar-refractivity contribution in [3.8, 4) is 0 Å². The van der Waals surface area contributed by atoms with Crippen molar-refractivity contribution in [3.05, 3.63) is 58.3 Å². The summed E-state index contributed by atoms with van der Waals surface area (Å²) in [7, 11) is 1.18. The van der Waals surface area contributed by atoms with Gasteiger partial charge in [0.05, 0.1) is 19.9 Å². The van der Waals surface area contributed by atoms with Crippen LogP contribution in [0.3, 0.4) is 0 Å². The minimum atomic E-state index is -1.22. The van der Waals surface area contributed by atoms with Crippen molar-refractivity contribution in [2.45, 2.75) is 19.9 Å². The number of nitrogens with one attached hydrogen (secondary N) is 1. The molecule has 168 valence electrons. The van der Waals surface area contributed by atoms with Crippen LogP contribution in [-0.2, 0) is 19.1 Å². The molecule has 1 aromatic heterocycles. The van der Waals surface area contributed by atoms with Crippen molar-refractivity contribution < 1.29 is 24.2 Å². The van der Waals surface area contributed by atoms with Crippen LogP contribution in [0.15, 0.2) is 52.1 Å². The summed E-state index contributed by atoms with van der Waals surface area (Å²) < 4.78 is 9.72. The number of carbonyl (C=O) groups excluding carboxylic acids is 2.